The van der Waals surface area contributed by atoms with Gasteiger partial charge in [0.2, 0.25) is 0 Å². The molecule has 0 saturated carbocycles. The van der Waals surface area contributed by atoms with Gasteiger partial charge in [-0.25, -0.2) is 8.42 Å². The lowest BCUT2D eigenvalue weighted by Gasteiger charge is -2.15. The number of fused-ring (bicyclic) bond motifs is 1. The number of ether oxygens (including phenoxy) is 1. The summed E-state index contributed by atoms with van der Waals surface area (Å²) in [6.07, 6.45) is 0. The molecule has 0 spiro atoms. The second-order valence-corrected chi connectivity index (χ2v) is 7.71. The average Bonchev–Trinajstić information content (AvgIpc) is 2.68. The average molecular weight is 402 g/mol. The Kier molecular flexibility index (Phi) is 5.90. The quantitative estimate of drug-likeness (QED) is 0.434. The van der Waals surface area contributed by atoms with E-state index in [0.29, 0.717) is 18.0 Å². The van der Waals surface area contributed by atoms with Crippen LogP contribution in [0.15, 0.2) is 71.6 Å². The van der Waals surface area contributed by atoms with Gasteiger partial charge in [0.25, 0.3) is 10.0 Å². The summed E-state index contributed by atoms with van der Waals surface area (Å²) in [5.74, 6) is 0.626. The monoisotopic (exact) mass is 401 g/mol. The van der Waals surface area contributed by atoms with Gasteiger partial charge in [-0.1, -0.05) is 42.5 Å². The standard InChI is InChI=1S/C19H19N3O3S2/c1-2-25-18-10-6-5-9-17(18)20-19(26)21-22-27(23,24)16-12-11-14-7-3-4-8-15(14)13-16/h3-13,22H,2H2,1H3,(H2,20,21,26). The first-order valence-electron chi connectivity index (χ1n) is 8.29. The number of sulfonamides is 1. The summed E-state index contributed by atoms with van der Waals surface area (Å²) in [5, 5.41) is 4.83. The largest absolute Gasteiger partial charge is 0.492 e. The third-order valence-corrected chi connectivity index (χ3v) is 5.21. The van der Waals surface area contributed by atoms with Crippen molar-refractivity contribution >= 4 is 43.8 Å². The van der Waals surface area contributed by atoms with E-state index in [2.05, 4.69) is 15.6 Å². The Bertz CT molecular complexity index is 1070. The number of rotatable bonds is 6. The van der Waals surface area contributed by atoms with Crippen LogP contribution in [0.2, 0.25) is 0 Å². The van der Waals surface area contributed by atoms with Crippen molar-refractivity contribution in [2.45, 2.75) is 11.8 Å². The number of para-hydroxylation sites is 2. The van der Waals surface area contributed by atoms with Crippen molar-refractivity contribution in [3.63, 3.8) is 0 Å². The van der Waals surface area contributed by atoms with Gasteiger partial charge in [0, 0.05) is 0 Å². The lowest BCUT2D eigenvalue weighted by molar-refractivity contribution is 0.342. The number of hydrazine groups is 1. The maximum atomic E-state index is 12.5. The summed E-state index contributed by atoms with van der Waals surface area (Å²) in [5.41, 5.74) is 3.15. The molecule has 3 aromatic rings. The van der Waals surface area contributed by atoms with Crippen LogP contribution in [-0.4, -0.2) is 20.1 Å². The molecule has 0 amide bonds. The fraction of sp³-hybridized carbons (Fsp3) is 0.105. The van der Waals surface area contributed by atoms with E-state index >= 15 is 0 Å². The Labute approximate surface area is 163 Å². The molecule has 0 atom stereocenters. The van der Waals surface area contributed by atoms with Crippen LogP contribution in [0.25, 0.3) is 10.8 Å². The lowest BCUT2D eigenvalue weighted by atomic mass is 10.1. The second-order valence-electron chi connectivity index (χ2n) is 5.62. The smallest absolute Gasteiger partial charge is 0.257 e. The van der Waals surface area contributed by atoms with Gasteiger partial charge < -0.3 is 10.1 Å². The summed E-state index contributed by atoms with van der Waals surface area (Å²) in [6.45, 7) is 2.39. The fourth-order valence-electron chi connectivity index (χ4n) is 2.51. The first-order chi connectivity index (χ1) is 13.0. The minimum atomic E-state index is -3.78. The molecule has 0 heterocycles. The van der Waals surface area contributed by atoms with Crippen LogP contribution in [-0.2, 0) is 10.0 Å². The predicted molar refractivity (Wildman–Crippen MR) is 111 cm³/mol. The Balaban J connectivity index is 1.68. The Morgan fingerprint density at radius 3 is 2.48 bits per heavy atom. The second kappa shape index (κ2) is 8.34. The molecule has 0 bridgehead atoms. The normalized spacial score (nSPS) is 11.1. The van der Waals surface area contributed by atoms with E-state index in [1.54, 1.807) is 30.3 Å². The van der Waals surface area contributed by atoms with Crippen molar-refractivity contribution in [3.8, 4) is 5.75 Å². The van der Waals surface area contributed by atoms with Gasteiger partial charge in [0.15, 0.2) is 5.11 Å². The Morgan fingerprint density at radius 1 is 1.00 bits per heavy atom. The van der Waals surface area contributed by atoms with Gasteiger partial charge in [0.1, 0.15) is 5.75 Å². The molecule has 3 aromatic carbocycles. The molecule has 140 valence electrons. The zero-order chi connectivity index (χ0) is 19.3. The summed E-state index contributed by atoms with van der Waals surface area (Å²) >= 11 is 5.17. The van der Waals surface area contributed by atoms with Crippen molar-refractivity contribution in [1.29, 1.82) is 0 Å². The number of hydrogen-bond acceptors (Lipinski definition) is 4. The highest BCUT2D eigenvalue weighted by atomic mass is 32.2. The molecular formula is C19H19N3O3S2. The Hall–Kier alpha value is -2.68. The molecule has 27 heavy (non-hydrogen) atoms. The van der Waals surface area contributed by atoms with Crippen molar-refractivity contribution in [3.05, 3.63) is 66.7 Å². The van der Waals surface area contributed by atoms with E-state index in [0.717, 1.165) is 10.8 Å². The predicted octanol–water partition coefficient (Wildman–Crippen LogP) is 3.42. The van der Waals surface area contributed by atoms with E-state index in [1.807, 2.05) is 43.3 Å². The van der Waals surface area contributed by atoms with Crippen molar-refractivity contribution in [2.24, 2.45) is 0 Å². The molecule has 0 saturated heterocycles. The molecular weight excluding hydrogens is 382 g/mol. The topological polar surface area (TPSA) is 79.5 Å². The number of thiocarbonyl (C=S) groups is 1. The highest BCUT2D eigenvalue weighted by molar-refractivity contribution is 7.89. The summed E-state index contributed by atoms with van der Waals surface area (Å²) in [6, 6.07) is 19.7. The zero-order valence-corrected chi connectivity index (χ0v) is 16.2. The van der Waals surface area contributed by atoms with Crippen LogP contribution in [0.3, 0.4) is 0 Å². The van der Waals surface area contributed by atoms with Gasteiger partial charge in [-0.15, -0.1) is 4.83 Å². The van der Waals surface area contributed by atoms with Gasteiger partial charge in [-0.05, 0) is 54.2 Å². The molecule has 3 N–H and O–H groups in total. The van der Waals surface area contributed by atoms with Gasteiger partial charge in [-0.3, -0.25) is 5.43 Å². The maximum Gasteiger partial charge on any atom is 0.257 e. The molecule has 0 unspecified atom stereocenters. The molecule has 0 aliphatic heterocycles. The first-order valence-corrected chi connectivity index (χ1v) is 10.2. The highest BCUT2D eigenvalue weighted by Gasteiger charge is 2.15. The van der Waals surface area contributed by atoms with Crippen LogP contribution in [0, 0.1) is 0 Å². The molecule has 0 fully saturated rings. The summed E-state index contributed by atoms with van der Waals surface area (Å²) < 4.78 is 30.5. The fourth-order valence-corrected chi connectivity index (χ4v) is 3.62. The molecule has 6 nitrogen and oxygen atoms in total. The van der Waals surface area contributed by atoms with Crippen molar-refractivity contribution in [2.75, 3.05) is 11.9 Å². The molecule has 3 rings (SSSR count). The van der Waals surface area contributed by atoms with E-state index in [9.17, 15) is 8.42 Å². The van der Waals surface area contributed by atoms with E-state index in [4.69, 9.17) is 17.0 Å². The van der Waals surface area contributed by atoms with Crippen LogP contribution >= 0.6 is 12.2 Å². The zero-order valence-electron chi connectivity index (χ0n) is 14.6. The van der Waals surface area contributed by atoms with E-state index in [-0.39, 0.29) is 10.0 Å². The van der Waals surface area contributed by atoms with Gasteiger partial charge >= 0.3 is 0 Å². The van der Waals surface area contributed by atoms with Crippen LogP contribution in [0.5, 0.6) is 5.75 Å². The number of anilines is 1. The summed E-state index contributed by atoms with van der Waals surface area (Å²) in [4.78, 5) is 2.43. The first kappa shape index (κ1) is 19.1. The van der Waals surface area contributed by atoms with Crippen molar-refractivity contribution < 1.29 is 13.2 Å². The number of nitrogens with one attached hydrogen (secondary N) is 3. The van der Waals surface area contributed by atoms with E-state index in [1.165, 1.54) is 0 Å². The molecule has 8 heteroatoms. The molecule has 0 aliphatic rings. The highest BCUT2D eigenvalue weighted by Crippen LogP contribution is 2.23. The van der Waals surface area contributed by atoms with Crippen LogP contribution in [0.1, 0.15) is 6.92 Å². The van der Waals surface area contributed by atoms with Crippen LogP contribution in [0.4, 0.5) is 5.69 Å². The minimum Gasteiger partial charge on any atom is -0.492 e. The van der Waals surface area contributed by atoms with Crippen molar-refractivity contribution in [1.82, 2.24) is 10.3 Å². The van der Waals surface area contributed by atoms with E-state index < -0.39 is 10.0 Å². The minimum absolute atomic E-state index is 0.103. The van der Waals surface area contributed by atoms with Crippen LogP contribution < -0.4 is 20.3 Å². The SMILES string of the molecule is CCOc1ccccc1NC(=S)NNS(=O)(=O)c1ccc2ccccc2c1. The molecule has 0 aromatic heterocycles. The number of benzene rings is 3. The molecule has 0 aliphatic carbocycles. The maximum absolute atomic E-state index is 12.5. The molecule has 0 radical (unpaired) electrons. The third kappa shape index (κ3) is 4.73. The number of hydrogen-bond donors (Lipinski definition) is 3. The summed E-state index contributed by atoms with van der Waals surface area (Å²) in [7, 11) is -3.78. The Morgan fingerprint density at radius 2 is 1.70 bits per heavy atom. The third-order valence-electron chi connectivity index (χ3n) is 3.77. The van der Waals surface area contributed by atoms with Gasteiger partial charge in [0.05, 0.1) is 17.2 Å². The lowest BCUT2D eigenvalue weighted by Crippen LogP contribution is -2.43. The van der Waals surface area contributed by atoms with Gasteiger partial charge in [-0.2, -0.15) is 0 Å².